The number of halogens is 3. The van der Waals surface area contributed by atoms with E-state index in [-0.39, 0.29) is 0 Å². The monoisotopic (exact) mass is 335 g/mol. The summed E-state index contributed by atoms with van der Waals surface area (Å²) in [5.74, 6) is 0.456. The normalized spacial score (nSPS) is 26.4. The van der Waals surface area contributed by atoms with Gasteiger partial charge in [0.1, 0.15) is 4.75 Å². The Labute approximate surface area is 129 Å². The average molecular weight is 335 g/mol. The molecule has 21 heavy (non-hydrogen) atoms. The lowest BCUT2D eigenvalue weighted by atomic mass is 9.90. The van der Waals surface area contributed by atoms with E-state index in [1.54, 1.807) is 13.1 Å². The van der Waals surface area contributed by atoms with E-state index >= 15 is 0 Å². The fraction of sp³-hybridized carbons (Fsp3) is 0.500. The number of benzene rings is 1. The van der Waals surface area contributed by atoms with Crippen LogP contribution in [0.4, 0.5) is 13.2 Å². The van der Waals surface area contributed by atoms with Gasteiger partial charge in [0.15, 0.2) is 0 Å². The van der Waals surface area contributed by atoms with Crippen LogP contribution >= 0.6 is 12.2 Å². The number of nitrogens with one attached hydrogen (secondary N) is 1. The molecule has 1 aliphatic heterocycles. The molecule has 2 nitrogen and oxygen atoms in total. The third-order valence-corrected chi connectivity index (χ3v) is 6.51. The molecule has 1 heterocycles. The first-order chi connectivity index (χ1) is 9.82. The lowest BCUT2D eigenvalue weighted by Crippen LogP contribution is -2.48. The minimum Gasteiger partial charge on any atom is -0.381 e. The van der Waals surface area contributed by atoms with Crippen molar-refractivity contribution in [3.63, 3.8) is 0 Å². The second-order valence-corrected chi connectivity index (χ2v) is 7.20. The molecule has 1 N–H and O–H groups in total. The Kier molecular flexibility index (Phi) is 4.72. The van der Waals surface area contributed by atoms with Crippen molar-refractivity contribution < 1.29 is 17.4 Å². The van der Waals surface area contributed by atoms with Crippen molar-refractivity contribution in [1.29, 1.82) is 0 Å². The molecule has 1 aromatic rings. The molecule has 0 saturated carbocycles. The van der Waals surface area contributed by atoms with Gasteiger partial charge in [0.05, 0.1) is 10.6 Å². The molecule has 0 aliphatic carbocycles. The molecule has 0 spiro atoms. The summed E-state index contributed by atoms with van der Waals surface area (Å²) in [6.07, 6.45) is -2.32. The van der Waals surface area contributed by atoms with Crippen LogP contribution in [0.25, 0.3) is 0 Å². The van der Waals surface area contributed by atoms with Gasteiger partial charge in [0.25, 0.3) is 0 Å². The van der Waals surface area contributed by atoms with Gasteiger partial charge in [0.2, 0.25) is 0 Å². The van der Waals surface area contributed by atoms with Crippen LogP contribution in [0.5, 0.6) is 0 Å². The van der Waals surface area contributed by atoms with Crippen molar-refractivity contribution in [2.24, 2.45) is 0 Å². The predicted octanol–water partition coefficient (Wildman–Crippen LogP) is 3.38. The first-order valence-electron chi connectivity index (χ1n) is 6.61. The van der Waals surface area contributed by atoms with Crippen LogP contribution in [0.3, 0.4) is 0 Å². The number of thiocarbonyl (C=S) groups is 1. The van der Waals surface area contributed by atoms with Crippen molar-refractivity contribution >= 4 is 28.0 Å². The maximum absolute atomic E-state index is 12.9. The quantitative estimate of drug-likeness (QED) is 0.840. The highest BCUT2D eigenvalue weighted by Crippen LogP contribution is 2.41. The molecular weight excluding hydrogens is 319 g/mol. The van der Waals surface area contributed by atoms with E-state index < -0.39 is 27.3 Å². The number of rotatable bonds is 2. The van der Waals surface area contributed by atoms with Crippen LogP contribution in [0.15, 0.2) is 24.3 Å². The van der Waals surface area contributed by atoms with Gasteiger partial charge in [-0.05, 0) is 30.5 Å². The van der Waals surface area contributed by atoms with Crippen LogP contribution in [-0.2, 0) is 21.7 Å². The van der Waals surface area contributed by atoms with E-state index in [0.29, 0.717) is 22.7 Å². The lowest BCUT2D eigenvalue weighted by Gasteiger charge is -2.37. The van der Waals surface area contributed by atoms with Crippen molar-refractivity contribution in [1.82, 2.24) is 5.32 Å². The Morgan fingerprint density at radius 3 is 2.67 bits per heavy atom. The highest BCUT2D eigenvalue weighted by molar-refractivity contribution is 7.90. The molecule has 0 amide bonds. The summed E-state index contributed by atoms with van der Waals surface area (Å²) in [5.41, 5.74) is -0.351. The van der Waals surface area contributed by atoms with E-state index in [4.69, 9.17) is 12.2 Å². The molecule has 0 aromatic heterocycles. The van der Waals surface area contributed by atoms with E-state index in [1.165, 1.54) is 6.07 Å². The summed E-state index contributed by atoms with van der Waals surface area (Å²) in [6, 6.07) is 5.03. The number of alkyl halides is 3. The second-order valence-electron chi connectivity index (χ2n) is 4.99. The Bertz CT molecular complexity index is 564. The van der Waals surface area contributed by atoms with Gasteiger partial charge in [-0.15, -0.1) is 0 Å². The molecule has 0 radical (unpaired) electrons. The summed E-state index contributed by atoms with van der Waals surface area (Å²) in [6.45, 7) is 0. The standard InChI is InChI=1S/C14H16F3NOS2/c1-18-12(20)13(7-2-3-8-21(13)19)10-5-4-6-11(9-10)14(15,16)17/h4-6,9H,2-3,7-8H2,1H3,(H,18,20)/t13-,21+/m0/s1. The topological polar surface area (TPSA) is 29.1 Å². The van der Waals surface area contributed by atoms with Gasteiger partial charge in [-0.3, -0.25) is 4.21 Å². The maximum Gasteiger partial charge on any atom is 0.416 e. The van der Waals surface area contributed by atoms with E-state index in [2.05, 4.69) is 5.32 Å². The Morgan fingerprint density at radius 2 is 2.10 bits per heavy atom. The third kappa shape index (κ3) is 2.99. The van der Waals surface area contributed by atoms with Crippen molar-refractivity contribution in [2.45, 2.75) is 30.2 Å². The van der Waals surface area contributed by atoms with Crippen LogP contribution in [0.2, 0.25) is 0 Å². The first-order valence-corrected chi connectivity index (χ1v) is 8.33. The second kappa shape index (κ2) is 6.04. The third-order valence-electron chi connectivity index (χ3n) is 3.75. The highest BCUT2D eigenvalue weighted by Gasteiger charge is 2.45. The van der Waals surface area contributed by atoms with Gasteiger partial charge in [0, 0.05) is 23.6 Å². The summed E-state index contributed by atoms with van der Waals surface area (Å²) < 4.78 is 50.3. The molecule has 0 unspecified atom stereocenters. The van der Waals surface area contributed by atoms with E-state index in [9.17, 15) is 17.4 Å². The molecular formula is C14H16F3NOS2. The Hall–Kier alpha value is -0.950. The minimum atomic E-state index is -4.42. The molecule has 7 heteroatoms. The summed E-state index contributed by atoms with van der Waals surface area (Å²) in [5, 5.41) is 2.82. The maximum atomic E-state index is 12.9. The van der Waals surface area contributed by atoms with Crippen molar-refractivity contribution in [3.05, 3.63) is 35.4 Å². The zero-order valence-corrected chi connectivity index (χ0v) is 13.1. The van der Waals surface area contributed by atoms with E-state index in [0.717, 1.165) is 25.0 Å². The summed E-state index contributed by atoms with van der Waals surface area (Å²) >= 11 is 5.30. The first kappa shape index (κ1) is 16.4. The molecule has 2 rings (SSSR count). The van der Waals surface area contributed by atoms with Crippen molar-refractivity contribution in [2.75, 3.05) is 12.8 Å². The summed E-state index contributed by atoms with van der Waals surface area (Å²) in [4.78, 5) is 0.347. The number of hydrogen-bond donors (Lipinski definition) is 1. The zero-order valence-electron chi connectivity index (χ0n) is 11.5. The Morgan fingerprint density at radius 1 is 1.38 bits per heavy atom. The van der Waals surface area contributed by atoms with Crippen LogP contribution in [-0.4, -0.2) is 22.0 Å². The predicted molar refractivity (Wildman–Crippen MR) is 81.6 cm³/mol. The van der Waals surface area contributed by atoms with Gasteiger partial charge in [-0.2, -0.15) is 13.2 Å². The molecule has 1 aliphatic rings. The average Bonchev–Trinajstić information content (AvgIpc) is 2.46. The molecule has 1 fully saturated rings. The molecule has 1 aromatic carbocycles. The number of likely N-dealkylation sites (N-methyl/N-ethyl adjacent to an activating group) is 1. The van der Waals surface area contributed by atoms with Gasteiger partial charge in [-0.1, -0.05) is 30.8 Å². The number of hydrogen-bond acceptors (Lipinski definition) is 2. The van der Waals surface area contributed by atoms with Crippen LogP contribution < -0.4 is 5.32 Å². The molecule has 1 saturated heterocycles. The van der Waals surface area contributed by atoms with Gasteiger partial charge >= 0.3 is 6.18 Å². The van der Waals surface area contributed by atoms with E-state index in [1.807, 2.05) is 0 Å². The molecule has 2 atom stereocenters. The lowest BCUT2D eigenvalue weighted by molar-refractivity contribution is -0.137. The largest absolute Gasteiger partial charge is 0.416 e. The van der Waals surface area contributed by atoms with Crippen molar-refractivity contribution in [3.8, 4) is 0 Å². The smallest absolute Gasteiger partial charge is 0.381 e. The molecule has 0 bridgehead atoms. The van der Waals surface area contributed by atoms with Gasteiger partial charge < -0.3 is 5.32 Å². The summed E-state index contributed by atoms with van der Waals surface area (Å²) in [7, 11) is 0.291. The van der Waals surface area contributed by atoms with Crippen LogP contribution in [0.1, 0.15) is 30.4 Å². The molecule has 116 valence electrons. The van der Waals surface area contributed by atoms with Gasteiger partial charge in [-0.25, -0.2) is 0 Å². The fourth-order valence-corrected chi connectivity index (χ4v) is 5.05. The fourth-order valence-electron chi connectivity index (χ4n) is 2.67. The highest BCUT2D eigenvalue weighted by atomic mass is 32.2. The Balaban J connectivity index is 2.57. The van der Waals surface area contributed by atoms with Crippen LogP contribution in [0, 0.1) is 0 Å². The zero-order chi connectivity index (χ0) is 15.7. The minimum absolute atomic E-state index is 0.347. The SMILES string of the molecule is CNC(=S)[C@@]1(c2cccc(C(F)(F)F)c2)CCCC[S@]1=O.